The van der Waals surface area contributed by atoms with Gasteiger partial charge in [0.1, 0.15) is 17.8 Å². The molecular weight excluding hydrogens is 409 g/mol. The largest absolute Gasteiger partial charge is 0.573 e. The molecule has 1 heterocycles. The van der Waals surface area contributed by atoms with E-state index in [9.17, 15) is 18.0 Å². The lowest BCUT2D eigenvalue weighted by Crippen LogP contribution is -2.43. The zero-order valence-electron chi connectivity index (χ0n) is 17.2. The number of hydrogen-bond donors (Lipinski definition) is 0. The minimum Gasteiger partial charge on any atom is -0.496 e. The third-order valence-corrected chi connectivity index (χ3v) is 6.50. The van der Waals surface area contributed by atoms with Gasteiger partial charge in [-0.05, 0) is 49.4 Å². The van der Waals surface area contributed by atoms with Gasteiger partial charge in [0.05, 0.1) is 19.3 Å². The van der Waals surface area contributed by atoms with Crippen molar-refractivity contribution in [2.45, 2.75) is 49.5 Å². The van der Waals surface area contributed by atoms with Crippen molar-refractivity contribution < 1.29 is 32.2 Å². The lowest BCUT2D eigenvalue weighted by Gasteiger charge is -2.44. The van der Waals surface area contributed by atoms with Crippen LogP contribution in [0, 0.1) is 5.92 Å². The lowest BCUT2D eigenvalue weighted by molar-refractivity contribution is -0.274. The molecule has 0 N–H and O–H groups in total. The first-order valence-electron chi connectivity index (χ1n) is 10.4. The van der Waals surface area contributed by atoms with Crippen molar-refractivity contribution >= 4 is 6.29 Å². The number of benzene rings is 2. The second kappa shape index (κ2) is 8.54. The molecule has 2 aliphatic rings. The zero-order valence-corrected chi connectivity index (χ0v) is 17.2. The van der Waals surface area contributed by atoms with Gasteiger partial charge in [-0.25, -0.2) is 0 Å². The molecule has 7 heteroatoms. The lowest BCUT2D eigenvalue weighted by atomic mass is 9.64. The van der Waals surface area contributed by atoms with Crippen LogP contribution in [0.3, 0.4) is 0 Å². The molecule has 1 aliphatic carbocycles. The molecule has 2 aromatic carbocycles. The van der Waals surface area contributed by atoms with Crippen molar-refractivity contribution in [1.82, 2.24) is 0 Å². The molecule has 0 radical (unpaired) electrons. The first kappa shape index (κ1) is 21.7. The molecule has 4 atom stereocenters. The van der Waals surface area contributed by atoms with Crippen molar-refractivity contribution in [3.63, 3.8) is 0 Å². The maximum Gasteiger partial charge on any atom is 0.573 e. The van der Waals surface area contributed by atoms with Gasteiger partial charge in [0.25, 0.3) is 0 Å². The molecule has 2 fully saturated rings. The van der Waals surface area contributed by atoms with Crippen LogP contribution in [0.25, 0.3) is 0 Å². The maximum atomic E-state index is 12.7. The standard InChI is InChI=1S/C24H25F3O4/c1-29-21-10-9-19(31-24(25,26)27)12-20(21)18-13-23(30-15-18)11-5-8-17(14-28)22(23)16-6-3-2-4-7-16/h2-4,6-7,9-10,12,14,17-18,22H,5,8,11,13,15H2,1H3/t17-,18+,22-,23-/m1/s1. The van der Waals surface area contributed by atoms with Crippen LogP contribution in [0.4, 0.5) is 13.2 Å². The van der Waals surface area contributed by atoms with Crippen molar-refractivity contribution in [2.75, 3.05) is 13.7 Å². The van der Waals surface area contributed by atoms with Gasteiger partial charge in [-0.2, -0.15) is 0 Å². The Balaban J connectivity index is 1.67. The van der Waals surface area contributed by atoms with Crippen LogP contribution in [0.5, 0.6) is 11.5 Å². The summed E-state index contributed by atoms with van der Waals surface area (Å²) >= 11 is 0. The molecule has 2 aromatic rings. The van der Waals surface area contributed by atoms with E-state index in [-0.39, 0.29) is 23.5 Å². The molecule has 0 aromatic heterocycles. The Hall–Kier alpha value is -2.54. The topological polar surface area (TPSA) is 44.8 Å². The highest BCUT2D eigenvalue weighted by Gasteiger charge is 2.52. The van der Waals surface area contributed by atoms with Crippen LogP contribution in [-0.4, -0.2) is 32.0 Å². The number of aldehydes is 1. The Bertz CT molecular complexity index is 915. The first-order chi connectivity index (χ1) is 14.8. The van der Waals surface area contributed by atoms with Crippen LogP contribution in [0.2, 0.25) is 0 Å². The molecule has 1 saturated heterocycles. The number of halogens is 3. The molecule has 31 heavy (non-hydrogen) atoms. The highest BCUT2D eigenvalue weighted by Crippen LogP contribution is 2.55. The Morgan fingerprint density at radius 3 is 2.61 bits per heavy atom. The number of carbonyl (C=O) groups is 1. The molecule has 0 amide bonds. The number of rotatable bonds is 5. The Morgan fingerprint density at radius 2 is 1.94 bits per heavy atom. The Morgan fingerprint density at radius 1 is 1.16 bits per heavy atom. The smallest absolute Gasteiger partial charge is 0.496 e. The molecule has 1 saturated carbocycles. The minimum absolute atomic E-state index is 0.0921. The van der Waals surface area contributed by atoms with Gasteiger partial charge >= 0.3 is 6.36 Å². The normalized spacial score (nSPS) is 28.5. The van der Waals surface area contributed by atoms with Crippen LogP contribution in [0.1, 0.15) is 48.6 Å². The molecule has 0 bridgehead atoms. The minimum atomic E-state index is -4.77. The second-order valence-electron chi connectivity index (χ2n) is 8.31. The SMILES string of the molecule is COc1ccc(OC(F)(F)F)cc1[C@@H]1CO[C@]2(CCC[C@H](C=O)[C@H]2c2ccccc2)C1. The first-order valence-corrected chi connectivity index (χ1v) is 10.4. The van der Waals surface area contributed by atoms with Gasteiger partial charge in [0, 0.05) is 23.3 Å². The predicted octanol–water partition coefficient (Wildman–Crippen LogP) is 5.62. The van der Waals surface area contributed by atoms with Gasteiger partial charge < -0.3 is 19.0 Å². The highest BCUT2D eigenvalue weighted by atomic mass is 19.4. The fourth-order valence-electron chi connectivity index (χ4n) is 5.33. The molecule has 1 spiro atoms. The third-order valence-electron chi connectivity index (χ3n) is 6.50. The summed E-state index contributed by atoms with van der Waals surface area (Å²) in [4.78, 5) is 11.9. The van der Waals surface area contributed by atoms with Crippen molar-refractivity contribution in [3.05, 3.63) is 59.7 Å². The zero-order chi connectivity index (χ0) is 22.1. The number of methoxy groups -OCH3 is 1. The molecular formula is C24H25F3O4. The third kappa shape index (κ3) is 4.42. The van der Waals surface area contributed by atoms with Crippen molar-refractivity contribution in [1.29, 1.82) is 0 Å². The summed E-state index contributed by atoms with van der Waals surface area (Å²) in [6.45, 7) is 0.348. The van der Waals surface area contributed by atoms with Crippen LogP contribution >= 0.6 is 0 Å². The van der Waals surface area contributed by atoms with E-state index in [0.29, 0.717) is 24.3 Å². The predicted molar refractivity (Wildman–Crippen MR) is 108 cm³/mol. The molecule has 1 aliphatic heterocycles. The number of ether oxygens (including phenoxy) is 3. The summed E-state index contributed by atoms with van der Waals surface area (Å²) in [6, 6.07) is 14.0. The summed E-state index contributed by atoms with van der Waals surface area (Å²) in [5.41, 5.74) is 1.14. The molecule has 0 unspecified atom stereocenters. The summed E-state index contributed by atoms with van der Waals surface area (Å²) in [7, 11) is 1.49. The Kier molecular flexibility index (Phi) is 5.97. The van der Waals surface area contributed by atoms with Crippen molar-refractivity contribution in [2.24, 2.45) is 5.92 Å². The van der Waals surface area contributed by atoms with Gasteiger partial charge in [0.2, 0.25) is 0 Å². The van der Waals surface area contributed by atoms with E-state index in [2.05, 4.69) is 4.74 Å². The number of carbonyl (C=O) groups excluding carboxylic acids is 1. The van der Waals surface area contributed by atoms with Gasteiger partial charge in [-0.15, -0.1) is 13.2 Å². The summed E-state index contributed by atoms with van der Waals surface area (Å²) in [5, 5.41) is 0. The van der Waals surface area contributed by atoms with Crippen LogP contribution in [-0.2, 0) is 9.53 Å². The summed E-state index contributed by atoms with van der Waals surface area (Å²) < 4.78 is 54.1. The van der Waals surface area contributed by atoms with E-state index in [1.54, 1.807) is 0 Å². The van der Waals surface area contributed by atoms with Crippen LogP contribution in [0.15, 0.2) is 48.5 Å². The van der Waals surface area contributed by atoms with Crippen LogP contribution < -0.4 is 9.47 Å². The Labute approximate surface area is 179 Å². The number of hydrogen-bond acceptors (Lipinski definition) is 4. The maximum absolute atomic E-state index is 12.7. The van der Waals surface area contributed by atoms with Gasteiger partial charge in [-0.1, -0.05) is 30.3 Å². The average molecular weight is 434 g/mol. The number of alkyl halides is 3. The fraction of sp³-hybridized carbons (Fsp3) is 0.458. The fourth-order valence-corrected chi connectivity index (χ4v) is 5.33. The highest BCUT2D eigenvalue weighted by molar-refractivity contribution is 5.57. The van der Waals surface area contributed by atoms with E-state index in [1.807, 2.05) is 30.3 Å². The molecule has 166 valence electrons. The monoisotopic (exact) mass is 434 g/mol. The van der Waals surface area contributed by atoms with E-state index in [0.717, 1.165) is 31.1 Å². The van der Waals surface area contributed by atoms with Gasteiger partial charge in [0.15, 0.2) is 0 Å². The quantitative estimate of drug-likeness (QED) is 0.573. The van der Waals surface area contributed by atoms with Crippen molar-refractivity contribution in [3.8, 4) is 11.5 Å². The van der Waals surface area contributed by atoms with E-state index >= 15 is 0 Å². The molecule has 4 nitrogen and oxygen atoms in total. The van der Waals surface area contributed by atoms with E-state index < -0.39 is 12.0 Å². The molecule has 4 rings (SSSR count). The summed E-state index contributed by atoms with van der Waals surface area (Å²) in [5.74, 6) is -0.192. The van der Waals surface area contributed by atoms with E-state index in [4.69, 9.17) is 9.47 Å². The second-order valence-corrected chi connectivity index (χ2v) is 8.31. The van der Waals surface area contributed by atoms with Gasteiger partial charge in [-0.3, -0.25) is 0 Å². The summed E-state index contributed by atoms with van der Waals surface area (Å²) in [6.07, 6.45) is -0.673. The average Bonchev–Trinajstić information content (AvgIpc) is 3.16. The van der Waals surface area contributed by atoms with E-state index in [1.165, 1.54) is 25.3 Å².